The number of nitrogens with zero attached hydrogens (tertiary/aromatic N) is 1. The molecule has 0 spiro atoms. The highest BCUT2D eigenvalue weighted by Crippen LogP contribution is 2.37. The van der Waals surface area contributed by atoms with E-state index in [-0.39, 0.29) is 18.2 Å². The molecule has 1 fully saturated rings. The standard InChI is InChI=1S/C21H29NO4/c1-13-7-18(24-6)8-14(2)19(13)15-9-16-11-25-12-17(10-15)22(16)20(23)26-21(3,4)5/h7-9,16-17H,10-12H2,1-6H3. The second-order valence-electron chi connectivity index (χ2n) is 8.18. The number of morpholine rings is 1. The number of benzene rings is 1. The van der Waals surface area contributed by atoms with Gasteiger partial charge in [0.2, 0.25) is 0 Å². The summed E-state index contributed by atoms with van der Waals surface area (Å²) in [7, 11) is 1.69. The lowest BCUT2D eigenvalue weighted by Crippen LogP contribution is -2.57. The van der Waals surface area contributed by atoms with Crippen LogP contribution in [0.4, 0.5) is 4.79 Å². The number of ether oxygens (including phenoxy) is 3. The molecule has 0 aromatic heterocycles. The molecule has 2 bridgehead atoms. The summed E-state index contributed by atoms with van der Waals surface area (Å²) in [4.78, 5) is 14.5. The molecule has 1 aromatic rings. The molecule has 5 nitrogen and oxygen atoms in total. The summed E-state index contributed by atoms with van der Waals surface area (Å²) in [5.74, 6) is 0.874. The molecule has 0 N–H and O–H groups in total. The van der Waals surface area contributed by atoms with Crippen LogP contribution < -0.4 is 4.74 Å². The largest absolute Gasteiger partial charge is 0.497 e. The van der Waals surface area contributed by atoms with E-state index in [0.29, 0.717) is 13.2 Å². The third kappa shape index (κ3) is 3.73. The summed E-state index contributed by atoms with van der Waals surface area (Å²) in [6, 6.07) is 4.04. The fourth-order valence-electron chi connectivity index (χ4n) is 3.93. The Balaban J connectivity index is 1.93. The molecular formula is C21H29NO4. The zero-order valence-corrected chi connectivity index (χ0v) is 16.6. The van der Waals surface area contributed by atoms with Gasteiger partial charge in [-0.15, -0.1) is 0 Å². The van der Waals surface area contributed by atoms with E-state index in [1.165, 1.54) is 22.3 Å². The van der Waals surface area contributed by atoms with E-state index in [1.807, 2.05) is 25.7 Å². The molecule has 26 heavy (non-hydrogen) atoms. The molecule has 2 aliphatic rings. The van der Waals surface area contributed by atoms with Crippen molar-refractivity contribution in [1.82, 2.24) is 4.90 Å². The maximum Gasteiger partial charge on any atom is 0.411 e. The first-order chi connectivity index (χ1) is 12.2. The third-order valence-electron chi connectivity index (χ3n) is 4.87. The Morgan fingerprint density at radius 3 is 2.38 bits per heavy atom. The highest BCUT2D eigenvalue weighted by molar-refractivity contribution is 5.77. The normalized spacial score (nSPS) is 22.7. The first kappa shape index (κ1) is 18.8. The SMILES string of the molecule is COc1cc(C)c(C2=CC3COCC(C2)N3C(=O)OC(C)(C)C)c(C)c1. The zero-order valence-electron chi connectivity index (χ0n) is 16.6. The molecule has 0 aliphatic carbocycles. The minimum absolute atomic E-state index is 0.00417. The fourth-order valence-corrected chi connectivity index (χ4v) is 3.93. The van der Waals surface area contributed by atoms with Gasteiger partial charge in [0, 0.05) is 0 Å². The van der Waals surface area contributed by atoms with Crippen molar-refractivity contribution < 1.29 is 19.0 Å². The maximum atomic E-state index is 12.7. The first-order valence-corrected chi connectivity index (χ1v) is 9.15. The molecule has 1 aromatic carbocycles. The molecule has 2 unspecified atom stereocenters. The summed E-state index contributed by atoms with van der Waals surface area (Å²) >= 11 is 0. The number of hydrogen-bond acceptors (Lipinski definition) is 4. The van der Waals surface area contributed by atoms with E-state index < -0.39 is 5.60 Å². The van der Waals surface area contributed by atoms with Crippen molar-refractivity contribution in [2.45, 2.75) is 58.7 Å². The lowest BCUT2D eigenvalue weighted by molar-refractivity contribution is -0.0510. The molecule has 1 amide bonds. The maximum absolute atomic E-state index is 12.7. The van der Waals surface area contributed by atoms with Gasteiger partial charge in [-0.1, -0.05) is 6.08 Å². The molecule has 5 heteroatoms. The Kier molecular flexibility index (Phi) is 5.02. The lowest BCUT2D eigenvalue weighted by Gasteiger charge is -2.45. The van der Waals surface area contributed by atoms with Crippen molar-refractivity contribution in [3.63, 3.8) is 0 Å². The van der Waals surface area contributed by atoms with E-state index in [1.54, 1.807) is 7.11 Å². The molecule has 0 radical (unpaired) electrons. The second-order valence-corrected chi connectivity index (χ2v) is 8.18. The molecular weight excluding hydrogens is 330 g/mol. The number of carbonyl (C=O) groups excluding carboxylic acids is 1. The average Bonchev–Trinajstić information content (AvgIpc) is 2.51. The minimum atomic E-state index is -0.501. The van der Waals surface area contributed by atoms with Crippen LogP contribution in [0.5, 0.6) is 5.75 Å². The van der Waals surface area contributed by atoms with Crippen LogP contribution in [0, 0.1) is 13.8 Å². The van der Waals surface area contributed by atoms with Gasteiger partial charge in [-0.25, -0.2) is 4.79 Å². The predicted octanol–water partition coefficient (Wildman–Crippen LogP) is 4.10. The van der Waals surface area contributed by atoms with Crippen molar-refractivity contribution >= 4 is 11.7 Å². The van der Waals surface area contributed by atoms with Gasteiger partial charge < -0.3 is 14.2 Å². The van der Waals surface area contributed by atoms with Gasteiger partial charge in [-0.3, -0.25) is 4.90 Å². The van der Waals surface area contributed by atoms with Gasteiger partial charge in [0.25, 0.3) is 0 Å². The van der Waals surface area contributed by atoms with Crippen molar-refractivity contribution in [3.8, 4) is 5.75 Å². The molecule has 2 heterocycles. The van der Waals surface area contributed by atoms with E-state index in [2.05, 4.69) is 32.1 Å². The Bertz CT molecular complexity index is 709. The molecule has 3 rings (SSSR count). The number of hydrogen-bond donors (Lipinski definition) is 0. The van der Waals surface area contributed by atoms with Crippen LogP contribution in [0.1, 0.15) is 43.9 Å². The number of fused-ring (bicyclic) bond motifs is 2. The molecule has 2 atom stereocenters. The average molecular weight is 359 g/mol. The highest BCUT2D eigenvalue weighted by atomic mass is 16.6. The summed E-state index contributed by atoms with van der Waals surface area (Å²) in [6.45, 7) is 11.0. The van der Waals surface area contributed by atoms with Crippen LogP contribution in [-0.2, 0) is 9.47 Å². The van der Waals surface area contributed by atoms with E-state index in [4.69, 9.17) is 14.2 Å². The number of amides is 1. The van der Waals surface area contributed by atoms with Crippen LogP contribution in [0.3, 0.4) is 0 Å². The van der Waals surface area contributed by atoms with Crippen LogP contribution in [0.2, 0.25) is 0 Å². The Labute approximate surface area is 155 Å². The van der Waals surface area contributed by atoms with Crippen molar-refractivity contribution in [2.75, 3.05) is 20.3 Å². The number of carbonyl (C=O) groups is 1. The van der Waals surface area contributed by atoms with Gasteiger partial charge in [0.05, 0.1) is 32.4 Å². The summed E-state index contributed by atoms with van der Waals surface area (Å²) < 4.78 is 16.7. The number of rotatable bonds is 2. The molecule has 0 saturated carbocycles. The summed E-state index contributed by atoms with van der Waals surface area (Å²) in [5.41, 5.74) is 4.42. The molecule has 1 saturated heterocycles. The monoisotopic (exact) mass is 359 g/mol. The van der Waals surface area contributed by atoms with E-state index >= 15 is 0 Å². The Morgan fingerprint density at radius 1 is 1.19 bits per heavy atom. The van der Waals surface area contributed by atoms with Crippen molar-refractivity contribution in [2.24, 2.45) is 0 Å². The predicted molar refractivity (Wildman–Crippen MR) is 102 cm³/mol. The van der Waals surface area contributed by atoms with Crippen LogP contribution in [-0.4, -0.2) is 49.0 Å². The van der Waals surface area contributed by atoms with Crippen molar-refractivity contribution in [3.05, 3.63) is 34.9 Å². The number of methoxy groups -OCH3 is 1. The summed E-state index contributed by atoms with van der Waals surface area (Å²) in [6.07, 6.45) is 2.68. The van der Waals surface area contributed by atoms with Crippen LogP contribution in [0.15, 0.2) is 18.2 Å². The number of aryl methyl sites for hydroxylation is 2. The smallest absolute Gasteiger partial charge is 0.411 e. The Hall–Kier alpha value is -2.01. The van der Waals surface area contributed by atoms with Gasteiger partial charge in [0.15, 0.2) is 0 Å². The molecule has 142 valence electrons. The lowest BCUT2D eigenvalue weighted by atomic mass is 9.86. The van der Waals surface area contributed by atoms with E-state index in [0.717, 1.165) is 12.2 Å². The van der Waals surface area contributed by atoms with Crippen molar-refractivity contribution in [1.29, 1.82) is 0 Å². The highest BCUT2D eigenvalue weighted by Gasteiger charge is 2.40. The second kappa shape index (κ2) is 6.95. The quantitative estimate of drug-likeness (QED) is 0.797. The third-order valence-corrected chi connectivity index (χ3v) is 4.87. The topological polar surface area (TPSA) is 48.0 Å². The fraction of sp³-hybridized carbons (Fsp3) is 0.571. The Morgan fingerprint density at radius 2 is 1.85 bits per heavy atom. The zero-order chi connectivity index (χ0) is 19.1. The van der Waals surface area contributed by atoms with Gasteiger partial charge in [0.1, 0.15) is 11.4 Å². The summed E-state index contributed by atoms with van der Waals surface area (Å²) in [5, 5.41) is 0. The van der Waals surface area contributed by atoms with Crippen LogP contribution in [0.25, 0.3) is 5.57 Å². The van der Waals surface area contributed by atoms with Gasteiger partial charge >= 0.3 is 6.09 Å². The minimum Gasteiger partial charge on any atom is -0.497 e. The van der Waals surface area contributed by atoms with Crippen LogP contribution >= 0.6 is 0 Å². The van der Waals surface area contributed by atoms with E-state index in [9.17, 15) is 4.79 Å². The van der Waals surface area contributed by atoms with Gasteiger partial charge in [-0.2, -0.15) is 0 Å². The first-order valence-electron chi connectivity index (χ1n) is 9.15. The van der Waals surface area contributed by atoms with Gasteiger partial charge in [-0.05, 0) is 75.4 Å². The molecule has 2 aliphatic heterocycles.